The van der Waals surface area contributed by atoms with Gasteiger partial charge >= 0.3 is 0 Å². The van der Waals surface area contributed by atoms with Gasteiger partial charge in [0.25, 0.3) is 0 Å². The first-order valence-corrected chi connectivity index (χ1v) is 6.68. The number of aliphatic imine (C=N–C) groups is 1. The smallest absolute Gasteiger partial charge is 0.0909 e. The zero-order valence-electron chi connectivity index (χ0n) is 11.9. The van der Waals surface area contributed by atoms with Crippen LogP contribution in [0.5, 0.6) is 0 Å². The van der Waals surface area contributed by atoms with E-state index in [0.29, 0.717) is 0 Å². The fourth-order valence-corrected chi connectivity index (χ4v) is 1.86. The lowest BCUT2D eigenvalue weighted by Crippen LogP contribution is -2.14. The van der Waals surface area contributed by atoms with Crippen molar-refractivity contribution in [3.8, 4) is 0 Å². The predicted molar refractivity (Wildman–Crippen MR) is 84.3 cm³/mol. The van der Waals surface area contributed by atoms with Crippen LogP contribution in [-0.4, -0.2) is 29.7 Å². The van der Waals surface area contributed by atoms with Crippen LogP contribution >= 0.6 is 12.2 Å². The first-order valence-electron chi connectivity index (χ1n) is 6.28. The molecule has 18 heavy (non-hydrogen) atoms. The molecule has 3 heteroatoms. The monoisotopic (exact) mass is 262 g/mol. The van der Waals surface area contributed by atoms with E-state index in [1.165, 1.54) is 16.7 Å². The summed E-state index contributed by atoms with van der Waals surface area (Å²) in [4.78, 5) is 7.61. The van der Waals surface area contributed by atoms with Gasteiger partial charge in [-0.2, -0.15) is 0 Å². The van der Waals surface area contributed by atoms with Gasteiger partial charge < -0.3 is 4.90 Å². The van der Waals surface area contributed by atoms with Crippen LogP contribution in [0.3, 0.4) is 0 Å². The molecular formula is C15H22N2S. The van der Waals surface area contributed by atoms with Gasteiger partial charge in [0.1, 0.15) is 0 Å². The third kappa shape index (κ3) is 4.22. The van der Waals surface area contributed by atoms with Gasteiger partial charge in [-0.1, -0.05) is 18.3 Å². The van der Waals surface area contributed by atoms with Crippen LogP contribution in [0.4, 0.5) is 5.69 Å². The number of thiocarbonyl (C=S) groups is 1. The van der Waals surface area contributed by atoms with Crippen molar-refractivity contribution < 1.29 is 0 Å². The van der Waals surface area contributed by atoms with E-state index < -0.39 is 0 Å². The van der Waals surface area contributed by atoms with E-state index in [2.05, 4.69) is 42.8 Å². The van der Waals surface area contributed by atoms with E-state index in [1.807, 2.05) is 20.3 Å². The van der Waals surface area contributed by atoms with Crippen LogP contribution in [0.2, 0.25) is 0 Å². The first kappa shape index (κ1) is 14.8. The third-order valence-corrected chi connectivity index (χ3v) is 3.13. The molecule has 0 aromatic heterocycles. The summed E-state index contributed by atoms with van der Waals surface area (Å²) in [5.41, 5.74) is 4.81. The summed E-state index contributed by atoms with van der Waals surface area (Å²) in [7, 11) is 2.02. The summed E-state index contributed by atoms with van der Waals surface area (Å²) >= 11 is 5.18. The maximum atomic E-state index is 5.18. The lowest BCUT2D eigenvalue weighted by molar-refractivity contribution is 0.552. The van der Waals surface area contributed by atoms with Gasteiger partial charge in [-0.3, -0.25) is 0 Å². The lowest BCUT2D eigenvalue weighted by atomic mass is 10.0. The SMILES string of the molecule is CCN(C)C=Nc1cc(C)c(CC(C)=S)cc1C. The van der Waals surface area contributed by atoms with Crippen molar-refractivity contribution >= 4 is 29.1 Å². The van der Waals surface area contributed by atoms with E-state index in [1.54, 1.807) is 0 Å². The molecule has 0 saturated heterocycles. The zero-order valence-corrected chi connectivity index (χ0v) is 12.8. The molecule has 0 unspecified atom stereocenters. The van der Waals surface area contributed by atoms with Crippen LogP contribution in [0.25, 0.3) is 0 Å². The Labute approximate surface area is 116 Å². The molecule has 0 heterocycles. The largest absolute Gasteiger partial charge is 0.366 e. The Balaban J connectivity index is 2.99. The van der Waals surface area contributed by atoms with Crippen molar-refractivity contribution in [2.24, 2.45) is 4.99 Å². The number of hydrogen-bond donors (Lipinski definition) is 0. The maximum absolute atomic E-state index is 5.18. The normalized spacial score (nSPS) is 10.9. The number of aryl methyl sites for hydroxylation is 2. The van der Waals surface area contributed by atoms with Crippen LogP contribution < -0.4 is 0 Å². The third-order valence-electron chi connectivity index (χ3n) is 2.99. The van der Waals surface area contributed by atoms with Crippen molar-refractivity contribution in [1.29, 1.82) is 0 Å². The Hall–Kier alpha value is -1.22. The van der Waals surface area contributed by atoms with E-state index in [4.69, 9.17) is 12.2 Å². The van der Waals surface area contributed by atoms with Crippen molar-refractivity contribution in [3.05, 3.63) is 28.8 Å². The molecule has 0 N–H and O–H groups in total. The minimum atomic E-state index is 0.876. The summed E-state index contributed by atoms with van der Waals surface area (Å²) in [5.74, 6) is 0. The summed E-state index contributed by atoms with van der Waals surface area (Å²) in [6, 6.07) is 4.34. The van der Waals surface area contributed by atoms with E-state index in [9.17, 15) is 0 Å². The molecule has 0 radical (unpaired) electrons. The molecule has 0 spiro atoms. The predicted octanol–water partition coefficient (Wildman–Crippen LogP) is 3.85. The Kier molecular flexibility index (Phi) is 5.48. The van der Waals surface area contributed by atoms with Crippen LogP contribution in [0.15, 0.2) is 17.1 Å². The Morgan fingerprint density at radius 2 is 2.00 bits per heavy atom. The first-order chi connectivity index (χ1) is 8.43. The second kappa shape index (κ2) is 6.64. The fourth-order valence-electron chi connectivity index (χ4n) is 1.70. The summed E-state index contributed by atoms with van der Waals surface area (Å²) < 4.78 is 0. The zero-order chi connectivity index (χ0) is 13.7. The van der Waals surface area contributed by atoms with Crippen LogP contribution in [0.1, 0.15) is 30.5 Å². The molecule has 0 fully saturated rings. The Morgan fingerprint density at radius 3 is 2.56 bits per heavy atom. The highest BCUT2D eigenvalue weighted by atomic mass is 32.1. The molecular weight excluding hydrogens is 240 g/mol. The summed E-state index contributed by atoms with van der Waals surface area (Å²) in [6.45, 7) is 9.28. The van der Waals surface area contributed by atoms with Gasteiger partial charge in [0, 0.05) is 20.0 Å². The molecule has 0 saturated carbocycles. The molecule has 2 nitrogen and oxygen atoms in total. The minimum Gasteiger partial charge on any atom is -0.366 e. The highest BCUT2D eigenvalue weighted by Crippen LogP contribution is 2.23. The molecule has 1 rings (SSSR count). The molecule has 98 valence electrons. The second-order valence-corrected chi connectivity index (χ2v) is 5.46. The Morgan fingerprint density at radius 1 is 1.33 bits per heavy atom. The standard InChI is InChI=1S/C15H22N2S/c1-6-17(5)10-16-15-8-11(2)14(7-12(15)3)9-13(4)18/h7-8,10H,6,9H2,1-5H3. The molecule has 1 aromatic carbocycles. The highest BCUT2D eigenvalue weighted by Gasteiger charge is 2.04. The maximum Gasteiger partial charge on any atom is 0.0909 e. The lowest BCUT2D eigenvalue weighted by Gasteiger charge is -2.11. The van der Waals surface area contributed by atoms with E-state index in [-0.39, 0.29) is 0 Å². The van der Waals surface area contributed by atoms with Crippen LogP contribution in [-0.2, 0) is 6.42 Å². The molecule has 0 atom stereocenters. The average Bonchev–Trinajstić information content (AvgIpc) is 2.30. The van der Waals surface area contributed by atoms with Crippen molar-refractivity contribution in [1.82, 2.24) is 4.90 Å². The van der Waals surface area contributed by atoms with Gasteiger partial charge in [0.2, 0.25) is 0 Å². The molecule has 1 aromatic rings. The molecule has 0 amide bonds. The molecule has 0 bridgehead atoms. The quantitative estimate of drug-likeness (QED) is 0.455. The highest BCUT2D eigenvalue weighted by molar-refractivity contribution is 7.80. The fraction of sp³-hybridized carbons (Fsp3) is 0.467. The van der Waals surface area contributed by atoms with Gasteiger partial charge in [0.15, 0.2) is 0 Å². The minimum absolute atomic E-state index is 0.876. The Bertz CT molecular complexity index is 464. The van der Waals surface area contributed by atoms with Gasteiger partial charge in [-0.05, 0) is 55.3 Å². The number of rotatable bonds is 5. The number of benzene rings is 1. The van der Waals surface area contributed by atoms with Gasteiger partial charge in [0.05, 0.1) is 12.0 Å². The topological polar surface area (TPSA) is 15.6 Å². The molecule has 0 aliphatic carbocycles. The van der Waals surface area contributed by atoms with Gasteiger partial charge in [-0.15, -0.1) is 0 Å². The van der Waals surface area contributed by atoms with Crippen molar-refractivity contribution in [3.63, 3.8) is 0 Å². The van der Waals surface area contributed by atoms with Crippen molar-refractivity contribution in [2.75, 3.05) is 13.6 Å². The average molecular weight is 262 g/mol. The van der Waals surface area contributed by atoms with E-state index >= 15 is 0 Å². The van der Waals surface area contributed by atoms with Crippen LogP contribution in [0, 0.1) is 13.8 Å². The molecule has 0 aliphatic heterocycles. The second-order valence-electron chi connectivity index (χ2n) is 4.76. The number of hydrogen-bond acceptors (Lipinski definition) is 2. The summed E-state index contributed by atoms with van der Waals surface area (Å²) in [5, 5.41) is 0. The molecule has 0 aliphatic rings. The van der Waals surface area contributed by atoms with E-state index in [0.717, 1.165) is 23.5 Å². The number of nitrogens with zero attached hydrogens (tertiary/aromatic N) is 2. The van der Waals surface area contributed by atoms with Gasteiger partial charge in [-0.25, -0.2) is 4.99 Å². The summed E-state index contributed by atoms with van der Waals surface area (Å²) in [6.07, 6.45) is 2.76. The van der Waals surface area contributed by atoms with Crippen molar-refractivity contribution in [2.45, 2.75) is 34.1 Å².